The molecule has 6 atom stereocenters. The highest BCUT2D eigenvalue weighted by Gasteiger charge is 2.35. The van der Waals surface area contributed by atoms with E-state index < -0.39 is 47.3 Å². The summed E-state index contributed by atoms with van der Waals surface area (Å²) in [5, 5.41) is 22.8. The minimum Gasteiger partial charge on any atom is -0.395 e. The maximum absolute atomic E-state index is 12.1. The van der Waals surface area contributed by atoms with Crippen LogP contribution in [0.4, 0.5) is 4.79 Å². The molecule has 12 heteroatoms. The molecular weight excluding hydrogens is 352 g/mol. The number of hydrogen-bond acceptors (Lipinski definition) is 9. The first-order chi connectivity index (χ1) is 11.6. The van der Waals surface area contributed by atoms with E-state index in [-0.39, 0.29) is 18.4 Å². The summed E-state index contributed by atoms with van der Waals surface area (Å²) in [5.74, 6) is -1.03. The SMILES string of the molecule is CC(=O)[C@@H](NC(=O)N[C@@H](CC(N)=O)C1NNC([C@@H](N)CO)S1)C(C)O. The molecule has 1 saturated heterocycles. The molecular formula is C13H26N6O5S. The van der Waals surface area contributed by atoms with E-state index in [1.807, 2.05) is 0 Å². The number of aliphatic hydroxyl groups is 2. The van der Waals surface area contributed by atoms with Gasteiger partial charge < -0.3 is 32.3 Å². The van der Waals surface area contributed by atoms with Gasteiger partial charge in [-0.05, 0) is 13.8 Å². The Kier molecular flexibility index (Phi) is 8.55. The van der Waals surface area contributed by atoms with E-state index in [0.29, 0.717) is 0 Å². The van der Waals surface area contributed by atoms with Crippen LogP contribution in [0.15, 0.2) is 0 Å². The zero-order valence-electron chi connectivity index (χ0n) is 14.1. The molecule has 144 valence electrons. The maximum atomic E-state index is 12.1. The summed E-state index contributed by atoms with van der Waals surface area (Å²) >= 11 is 1.29. The van der Waals surface area contributed by atoms with Crippen molar-refractivity contribution in [3.8, 4) is 0 Å². The lowest BCUT2D eigenvalue weighted by Crippen LogP contribution is -2.56. The van der Waals surface area contributed by atoms with Gasteiger partial charge in [-0.15, -0.1) is 11.8 Å². The van der Waals surface area contributed by atoms with Crippen molar-refractivity contribution in [2.24, 2.45) is 11.5 Å². The maximum Gasteiger partial charge on any atom is 0.315 e. The van der Waals surface area contributed by atoms with Gasteiger partial charge in [-0.2, -0.15) is 0 Å². The first kappa shape index (κ1) is 21.6. The molecule has 1 aliphatic heterocycles. The van der Waals surface area contributed by atoms with Crippen molar-refractivity contribution in [3.05, 3.63) is 0 Å². The third-order valence-electron chi connectivity index (χ3n) is 3.57. The molecule has 0 aromatic rings. The molecule has 25 heavy (non-hydrogen) atoms. The number of ketones is 1. The molecule has 3 unspecified atom stereocenters. The Balaban J connectivity index is 2.71. The van der Waals surface area contributed by atoms with Gasteiger partial charge in [0, 0.05) is 6.42 Å². The smallest absolute Gasteiger partial charge is 0.315 e. The molecule has 0 spiro atoms. The lowest BCUT2D eigenvalue weighted by Gasteiger charge is -2.25. The van der Waals surface area contributed by atoms with Gasteiger partial charge in [0.2, 0.25) is 5.91 Å². The number of nitrogens with two attached hydrogens (primary N) is 2. The Morgan fingerprint density at radius 2 is 1.84 bits per heavy atom. The van der Waals surface area contributed by atoms with Crippen LogP contribution in [0.25, 0.3) is 0 Å². The number of nitrogens with one attached hydrogen (secondary N) is 4. The average molecular weight is 378 g/mol. The number of aliphatic hydroxyl groups excluding tert-OH is 2. The fourth-order valence-corrected chi connectivity index (χ4v) is 3.48. The molecule has 0 bridgehead atoms. The summed E-state index contributed by atoms with van der Waals surface area (Å²) in [5.41, 5.74) is 16.7. The third kappa shape index (κ3) is 6.76. The summed E-state index contributed by atoms with van der Waals surface area (Å²) in [6, 6.07) is -3.02. The van der Waals surface area contributed by atoms with Crippen molar-refractivity contribution in [2.75, 3.05) is 6.61 Å². The van der Waals surface area contributed by atoms with E-state index >= 15 is 0 Å². The molecule has 0 aromatic carbocycles. The summed E-state index contributed by atoms with van der Waals surface area (Å²) in [6.45, 7) is 2.40. The van der Waals surface area contributed by atoms with Gasteiger partial charge >= 0.3 is 6.03 Å². The van der Waals surface area contributed by atoms with Crippen LogP contribution >= 0.6 is 11.8 Å². The van der Waals surface area contributed by atoms with Crippen LogP contribution < -0.4 is 33.0 Å². The van der Waals surface area contributed by atoms with Crippen molar-refractivity contribution < 1.29 is 24.6 Å². The second-order valence-electron chi connectivity index (χ2n) is 5.84. The molecule has 0 aromatic heterocycles. The predicted molar refractivity (Wildman–Crippen MR) is 91.9 cm³/mol. The number of thioether (sulfide) groups is 1. The Hall–Kier alpha value is -1.44. The molecule has 3 amide bonds. The van der Waals surface area contributed by atoms with Crippen LogP contribution in [0.2, 0.25) is 0 Å². The molecule has 1 heterocycles. The summed E-state index contributed by atoms with van der Waals surface area (Å²) in [6.07, 6.45) is -1.22. The molecule has 10 N–H and O–H groups in total. The van der Waals surface area contributed by atoms with Crippen molar-refractivity contribution in [1.29, 1.82) is 0 Å². The third-order valence-corrected chi connectivity index (χ3v) is 5.07. The fourth-order valence-electron chi connectivity index (χ4n) is 2.25. The zero-order chi connectivity index (χ0) is 19.1. The van der Waals surface area contributed by atoms with Gasteiger partial charge in [0.15, 0.2) is 5.78 Å². The van der Waals surface area contributed by atoms with Crippen LogP contribution in [-0.4, -0.2) is 69.5 Å². The number of carbonyl (C=O) groups excluding carboxylic acids is 3. The van der Waals surface area contributed by atoms with Gasteiger partial charge in [0.25, 0.3) is 0 Å². The van der Waals surface area contributed by atoms with Crippen molar-refractivity contribution in [2.45, 2.75) is 55.2 Å². The average Bonchev–Trinajstić information content (AvgIpc) is 3.00. The second kappa shape index (κ2) is 9.89. The summed E-state index contributed by atoms with van der Waals surface area (Å²) < 4.78 is 0. The zero-order valence-corrected chi connectivity index (χ0v) is 14.9. The van der Waals surface area contributed by atoms with E-state index in [9.17, 15) is 19.5 Å². The number of primary amides is 1. The highest BCUT2D eigenvalue weighted by atomic mass is 32.2. The van der Waals surface area contributed by atoms with Crippen molar-refractivity contribution >= 4 is 29.5 Å². The molecule has 1 aliphatic rings. The number of amides is 3. The monoisotopic (exact) mass is 378 g/mol. The first-order valence-electron chi connectivity index (χ1n) is 7.72. The number of Topliss-reactive ketones (excluding diaryl/α,β-unsaturated/α-hetero) is 1. The second-order valence-corrected chi connectivity index (χ2v) is 7.12. The molecule has 1 fully saturated rings. The van der Waals surface area contributed by atoms with Gasteiger partial charge in [-0.25, -0.2) is 15.6 Å². The molecule has 0 radical (unpaired) electrons. The predicted octanol–water partition coefficient (Wildman–Crippen LogP) is -3.32. The summed E-state index contributed by atoms with van der Waals surface area (Å²) in [4.78, 5) is 34.9. The lowest BCUT2D eigenvalue weighted by atomic mass is 10.1. The first-order valence-corrected chi connectivity index (χ1v) is 8.66. The fraction of sp³-hybridized carbons (Fsp3) is 0.769. The van der Waals surface area contributed by atoms with Crippen LogP contribution in [0, 0.1) is 0 Å². The Morgan fingerprint density at radius 3 is 2.32 bits per heavy atom. The Labute approximate surface area is 149 Å². The lowest BCUT2D eigenvalue weighted by molar-refractivity contribution is -0.121. The van der Waals surface area contributed by atoms with Gasteiger partial charge in [0.1, 0.15) is 6.04 Å². The molecule has 0 saturated carbocycles. The largest absolute Gasteiger partial charge is 0.395 e. The highest BCUT2D eigenvalue weighted by Crippen LogP contribution is 2.24. The van der Waals surface area contributed by atoms with Gasteiger partial charge in [-0.1, -0.05) is 0 Å². The van der Waals surface area contributed by atoms with Crippen molar-refractivity contribution in [1.82, 2.24) is 21.5 Å². The molecule has 11 nitrogen and oxygen atoms in total. The van der Waals surface area contributed by atoms with Crippen LogP contribution in [0.3, 0.4) is 0 Å². The minimum atomic E-state index is -1.06. The Bertz CT molecular complexity index is 494. The summed E-state index contributed by atoms with van der Waals surface area (Å²) in [7, 11) is 0. The molecule has 0 aliphatic carbocycles. The quantitative estimate of drug-likeness (QED) is 0.203. The topological polar surface area (TPSA) is 192 Å². The number of hydrogen-bond donors (Lipinski definition) is 8. The van der Waals surface area contributed by atoms with E-state index in [4.69, 9.17) is 16.6 Å². The number of carbonyl (C=O) groups is 3. The number of rotatable bonds is 9. The van der Waals surface area contributed by atoms with E-state index in [0.717, 1.165) is 0 Å². The van der Waals surface area contributed by atoms with Crippen LogP contribution in [0.1, 0.15) is 20.3 Å². The number of hydrazine groups is 1. The Morgan fingerprint density at radius 1 is 1.24 bits per heavy atom. The normalized spacial score (nSPS) is 24.8. The number of urea groups is 1. The van der Waals surface area contributed by atoms with E-state index in [1.165, 1.54) is 25.6 Å². The highest BCUT2D eigenvalue weighted by molar-refractivity contribution is 8.00. The van der Waals surface area contributed by atoms with Gasteiger partial charge in [0.05, 0.1) is 35.5 Å². The standard InChI is InChI=1S/C13H26N6O5S/c1-5(21)10(6(2)22)17-13(24)16-8(3-9(15)23)12-19-18-11(25-12)7(14)4-20/h5,7-8,10-12,18-21H,3-4,14H2,1-2H3,(H2,15,23)(H2,16,17,24)/t5?,7-,8-,10-,11?,12?/m0/s1. The van der Waals surface area contributed by atoms with E-state index in [2.05, 4.69) is 21.5 Å². The minimum absolute atomic E-state index is 0.153. The molecule has 1 rings (SSSR count). The van der Waals surface area contributed by atoms with Gasteiger partial charge in [-0.3, -0.25) is 9.59 Å². The van der Waals surface area contributed by atoms with E-state index in [1.54, 1.807) is 0 Å². The van der Waals surface area contributed by atoms with Crippen LogP contribution in [0.5, 0.6) is 0 Å². The van der Waals surface area contributed by atoms with Crippen molar-refractivity contribution in [3.63, 3.8) is 0 Å². The van der Waals surface area contributed by atoms with Crippen LogP contribution in [-0.2, 0) is 9.59 Å².